The molecule has 1 heterocycles. The maximum absolute atomic E-state index is 12.3. The van der Waals surface area contributed by atoms with Gasteiger partial charge in [-0.3, -0.25) is 9.80 Å². The number of hydrogen-bond donors (Lipinski definition) is 0. The Hall–Kier alpha value is -1.29. The largest absolute Gasteiger partial charge is 0.401 e. The first-order chi connectivity index (χ1) is 9.87. The number of halogens is 4. The zero-order valence-corrected chi connectivity index (χ0v) is 12.1. The topological polar surface area (TPSA) is 30.3 Å². The van der Waals surface area contributed by atoms with E-state index < -0.39 is 12.7 Å². The van der Waals surface area contributed by atoms with E-state index in [1.165, 1.54) is 4.90 Å². The standard InChI is InChI=1S/C14H15ClF3N3/c15-13-7-11(8-19)1-2-12(13)9-20-3-5-21(6-4-20)10-14(16,17)18/h1-2,7H,3-6,9-10H2. The fourth-order valence-corrected chi connectivity index (χ4v) is 2.59. The predicted octanol–water partition coefficient (Wildman–Crippen LogP) is 2.89. The minimum Gasteiger partial charge on any atom is -0.296 e. The summed E-state index contributed by atoms with van der Waals surface area (Å²) >= 11 is 6.11. The number of rotatable bonds is 3. The van der Waals surface area contributed by atoms with E-state index in [1.54, 1.807) is 18.2 Å². The lowest BCUT2D eigenvalue weighted by atomic mass is 10.1. The molecular formula is C14H15ClF3N3. The molecule has 0 aromatic heterocycles. The van der Waals surface area contributed by atoms with Gasteiger partial charge in [-0.25, -0.2) is 0 Å². The Bertz CT molecular complexity index is 531. The van der Waals surface area contributed by atoms with E-state index in [0.29, 0.717) is 43.3 Å². The van der Waals surface area contributed by atoms with E-state index in [4.69, 9.17) is 16.9 Å². The fraction of sp³-hybridized carbons (Fsp3) is 0.500. The highest BCUT2D eigenvalue weighted by molar-refractivity contribution is 6.31. The molecule has 0 N–H and O–H groups in total. The van der Waals surface area contributed by atoms with Crippen molar-refractivity contribution >= 4 is 11.6 Å². The first-order valence-corrected chi connectivity index (χ1v) is 6.95. The smallest absolute Gasteiger partial charge is 0.296 e. The SMILES string of the molecule is N#Cc1ccc(CN2CCN(CC(F)(F)F)CC2)c(Cl)c1. The molecular weight excluding hydrogens is 303 g/mol. The molecule has 1 aromatic rings. The maximum Gasteiger partial charge on any atom is 0.401 e. The van der Waals surface area contributed by atoms with Crippen molar-refractivity contribution in [2.24, 2.45) is 0 Å². The summed E-state index contributed by atoms with van der Waals surface area (Å²) < 4.78 is 36.9. The normalized spacial score (nSPS) is 17.7. The van der Waals surface area contributed by atoms with E-state index in [1.807, 2.05) is 6.07 Å². The van der Waals surface area contributed by atoms with E-state index in [-0.39, 0.29) is 0 Å². The summed E-state index contributed by atoms with van der Waals surface area (Å²) in [4.78, 5) is 3.48. The lowest BCUT2D eigenvalue weighted by molar-refractivity contribution is -0.149. The monoisotopic (exact) mass is 317 g/mol. The zero-order valence-electron chi connectivity index (χ0n) is 11.3. The van der Waals surface area contributed by atoms with Crippen LogP contribution >= 0.6 is 11.6 Å². The van der Waals surface area contributed by atoms with E-state index in [0.717, 1.165) is 5.56 Å². The molecule has 0 amide bonds. The summed E-state index contributed by atoms with van der Waals surface area (Å²) in [5, 5.41) is 9.30. The molecule has 0 aliphatic carbocycles. The van der Waals surface area contributed by atoms with Gasteiger partial charge < -0.3 is 0 Å². The second-order valence-corrected chi connectivity index (χ2v) is 5.49. The Kier molecular flexibility index (Phi) is 5.09. The van der Waals surface area contributed by atoms with E-state index in [2.05, 4.69) is 4.90 Å². The van der Waals surface area contributed by atoms with Crippen molar-refractivity contribution < 1.29 is 13.2 Å². The van der Waals surface area contributed by atoms with Gasteiger partial charge in [0.2, 0.25) is 0 Å². The van der Waals surface area contributed by atoms with Crippen molar-refractivity contribution in [3.63, 3.8) is 0 Å². The summed E-state index contributed by atoms with van der Waals surface area (Å²) in [5.74, 6) is 0. The molecule has 114 valence electrons. The Morgan fingerprint density at radius 3 is 2.29 bits per heavy atom. The van der Waals surface area contributed by atoms with Gasteiger partial charge >= 0.3 is 6.18 Å². The summed E-state index contributed by atoms with van der Waals surface area (Å²) in [6, 6.07) is 7.11. The third kappa shape index (κ3) is 4.88. The van der Waals surface area contributed by atoms with Crippen LogP contribution in [0.25, 0.3) is 0 Å². The molecule has 1 aromatic carbocycles. The number of nitriles is 1. The van der Waals surface area contributed by atoms with Crippen molar-refractivity contribution in [3.05, 3.63) is 34.3 Å². The van der Waals surface area contributed by atoms with Crippen LogP contribution in [0, 0.1) is 11.3 Å². The summed E-state index contributed by atoms with van der Waals surface area (Å²) in [6.45, 7) is 1.68. The fourth-order valence-electron chi connectivity index (χ4n) is 2.35. The highest BCUT2D eigenvalue weighted by atomic mass is 35.5. The van der Waals surface area contributed by atoms with Gasteiger partial charge in [-0.2, -0.15) is 18.4 Å². The van der Waals surface area contributed by atoms with Gasteiger partial charge in [-0.1, -0.05) is 17.7 Å². The van der Waals surface area contributed by atoms with Crippen LogP contribution in [-0.4, -0.2) is 48.7 Å². The van der Waals surface area contributed by atoms with Crippen LogP contribution in [-0.2, 0) is 6.54 Å². The van der Waals surface area contributed by atoms with Gasteiger partial charge in [0.05, 0.1) is 18.2 Å². The number of hydrogen-bond acceptors (Lipinski definition) is 3. The van der Waals surface area contributed by atoms with Crippen molar-refractivity contribution in [2.45, 2.75) is 12.7 Å². The van der Waals surface area contributed by atoms with Crippen molar-refractivity contribution in [1.82, 2.24) is 9.80 Å². The lowest BCUT2D eigenvalue weighted by Crippen LogP contribution is -2.48. The highest BCUT2D eigenvalue weighted by Gasteiger charge is 2.32. The zero-order chi connectivity index (χ0) is 15.5. The van der Waals surface area contributed by atoms with Crippen molar-refractivity contribution in [3.8, 4) is 6.07 Å². The maximum atomic E-state index is 12.3. The first kappa shape index (κ1) is 16.1. The van der Waals surface area contributed by atoms with Crippen LogP contribution in [0.3, 0.4) is 0 Å². The molecule has 1 aliphatic heterocycles. The average molecular weight is 318 g/mol. The third-order valence-corrected chi connectivity index (χ3v) is 3.80. The molecule has 0 radical (unpaired) electrons. The second-order valence-electron chi connectivity index (χ2n) is 5.09. The quantitative estimate of drug-likeness (QED) is 0.859. The van der Waals surface area contributed by atoms with Crippen LogP contribution in [0.1, 0.15) is 11.1 Å². The molecule has 0 bridgehead atoms. The molecule has 0 saturated carbocycles. The molecule has 2 rings (SSSR count). The Labute approximate surface area is 126 Å². The van der Waals surface area contributed by atoms with Gasteiger partial charge in [0.25, 0.3) is 0 Å². The minimum absolute atomic E-state index is 0.396. The Morgan fingerprint density at radius 2 is 1.76 bits per heavy atom. The van der Waals surface area contributed by atoms with Gasteiger partial charge in [0.15, 0.2) is 0 Å². The molecule has 21 heavy (non-hydrogen) atoms. The van der Waals surface area contributed by atoms with Gasteiger partial charge in [0, 0.05) is 37.7 Å². The second kappa shape index (κ2) is 6.65. The van der Waals surface area contributed by atoms with Crippen LogP contribution in [0.4, 0.5) is 13.2 Å². The number of alkyl halides is 3. The molecule has 0 unspecified atom stereocenters. The summed E-state index contributed by atoms with van der Waals surface area (Å²) in [7, 11) is 0. The number of benzene rings is 1. The molecule has 3 nitrogen and oxygen atoms in total. The molecule has 1 aliphatic rings. The highest BCUT2D eigenvalue weighted by Crippen LogP contribution is 2.21. The predicted molar refractivity (Wildman–Crippen MR) is 73.9 cm³/mol. The van der Waals surface area contributed by atoms with Crippen LogP contribution in [0.15, 0.2) is 18.2 Å². The third-order valence-electron chi connectivity index (χ3n) is 3.44. The molecule has 0 atom stereocenters. The van der Waals surface area contributed by atoms with Gasteiger partial charge in [-0.05, 0) is 17.7 Å². The van der Waals surface area contributed by atoms with E-state index >= 15 is 0 Å². The minimum atomic E-state index is -4.14. The Morgan fingerprint density at radius 1 is 1.14 bits per heavy atom. The lowest BCUT2D eigenvalue weighted by Gasteiger charge is -2.35. The molecule has 0 spiro atoms. The first-order valence-electron chi connectivity index (χ1n) is 6.57. The molecule has 7 heteroatoms. The van der Waals surface area contributed by atoms with Crippen molar-refractivity contribution in [1.29, 1.82) is 5.26 Å². The Balaban J connectivity index is 1.88. The van der Waals surface area contributed by atoms with Crippen LogP contribution in [0.2, 0.25) is 5.02 Å². The summed E-state index contributed by atoms with van der Waals surface area (Å²) in [5.41, 5.74) is 1.39. The van der Waals surface area contributed by atoms with Gasteiger partial charge in [0.1, 0.15) is 0 Å². The summed E-state index contributed by atoms with van der Waals surface area (Å²) in [6.07, 6.45) is -4.14. The van der Waals surface area contributed by atoms with E-state index in [9.17, 15) is 13.2 Å². The number of nitrogens with zero attached hydrogens (tertiary/aromatic N) is 3. The number of piperazine rings is 1. The molecule has 1 fully saturated rings. The van der Waals surface area contributed by atoms with Crippen LogP contribution in [0.5, 0.6) is 0 Å². The molecule has 1 saturated heterocycles. The average Bonchev–Trinajstić information content (AvgIpc) is 2.41. The van der Waals surface area contributed by atoms with Gasteiger partial charge in [-0.15, -0.1) is 0 Å². The van der Waals surface area contributed by atoms with Crippen LogP contribution < -0.4 is 0 Å². The van der Waals surface area contributed by atoms with Crippen molar-refractivity contribution in [2.75, 3.05) is 32.7 Å².